The Balaban J connectivity index is 0. The molecule has 1 heteroatoms. The first kappa shape index (κ1) is 22.0. The second kappa shape index (κ2) is 15.1. The van der Waals surface area contributed by atoms with Crippen molar-refractivity contribution in [2.45, 2.75) is 34.6 Å². The van der Waals surface area contributed by atoms with Crippen LogP contribution in [0.5, 0.6) is 0 Å². The van der Waals surface area contributed by atoms with Gasteiger partial charge in [0.05, 0.1) is 0 Å². The molecule has 0 saturated carbocycles. The highest BCUT2D eigenvalue weighted by Gasteiger charge is 1.94. The average molecular weight is 297 g/mol. The minimum atomic E-state index is 0.713. The maximum atomic E-state index is 5.82. The maximum absolute atomic E-state index is 5.82. The lowest BCUT2D eigenvalue weighted by Gasteiger charge is -2.01. The molecular weight excluding hydrogens is 266 g/mol. The van der Waals surface area contributed by atoms with E-state index in [1.807, 2.05) is 70.2 Å². The van der Waals surface area contributed by atoms with Crippen molar-refractivity contribution in [3.63, 3.8) is 0 Å². The molecule has 0 amide bonds. The summed E-state index contributed by atoms with van der Waals surface area (Å²) in [5, 5.41) is 0. The fourth-order valence-corrected chi connectivity index (χ4v) is 1.44. The van der Waals surface area contributed by atoms with E-state index in [2.05, 4.69) is 32.2 Å². The Kier molecular flexibility index (Phi) is 15.1. The van der Waals surface area contributed by atoms with Crippen molar-refractivity contribution in [3.05, 3.63) is 96.3 Å². The summed E-state index contributed by atoms with van der Waals surface area (Å²) in [5.74, 6) is 0. The smallest absolute Gasteiger partial charge is 0.0389 e. The first-order chi connectivity index (χ1) is 10.5. The van der Waals surface area contributed by atoms with Gasteiger partial charge in [0.15, 0.2) is 0 Å². The van der Waals surface area contributed by atoms with Crippen molar-refractivity contribution >= 4 is 0 Å². The molecule has 0 aliphatic rings. The fourth-order valence-electron chi connectivity index (χ4n) is 1.44. The van der Waals surface area contributed by atoms with Gasteiger partial charge >= 0.3 is 0 Å². The molecule has 1 nitrogen and oxygen atoms in total. The molecule has 0 aliphatic carbocycles. The van der Waals surface area contributed by atoms with Crippen molar-refractivity contribution in [1.82, 2.24) is 0 Å². The van der Waals surface area contributed by atoms with Crippen LogP contribution in [0.15, 0.2) is 90.7 Å². The molecule has 0 radical (unpaired) electrons. The Labute approximate surface area is 137 Å². The highest BCUT2D eigenvalue weighted by molar-refractivity contribution is 5.42. The number of rotatable bonds is 4. The maximum Gasteiger partial charge on any atom is 0.0389 e. The molecule has 0 fully saturated rings. The molecule has 0 aromatic heterocycles. The zero-order valence-corrected chi connectivity index (χ0v) is 14.8. The van der Waals surface area contributed by atoms with Crippen LogP contribution < -0.4 is 5.73 Å². The Morgan fingerprint density at radius 3 is 2.00 bits per heavy atom. The van der Waals surface area contributed by atoms with Crippen LogP contribution in [0.4, 0.5) is 0 Å². The molecule has 22 heavy (non-hydrogen) atoms. The second-order valence-corrected chi connectivity index (χ2v) is 4.46. The molecule has 0 atom stereocenters. The van der Waals surface area contributed by atoms with Gasteiger partial charge in [0.1, 0.15) is 0 Å². The lowest BCUT2D eigenvalue weighted by atomic mass is 10.1. The van der Waals surface area contributed by atoms with E-state index >= 15 is 0 Å². The molecule has 0 spiro atoms. The van der Waals surface area contributed by atoms with Crippen LogP contribution in [0.2, 0.25) is 0 Å². The topological polar surface area (TPSA) is 26.0 Å². The van der Waals surface area contributed by atoms with E-state index < -0.39 is 0 Å². The quantitative estimate of drug-likeness (QED) is 0.666. The first-order valence-corrected chi connectivity index (χ1v) is 7.61. The van der Waals surface area contributed by atoms with Crippen LogP contribution in [-0.4, -0.2) is 0 Å². The largest absolute Gasteiger partial charge is 0.398 e. The zero-order chi connectivity index (χ0) is 17.4. The Bertz CT molecular complexity index is 502. The lowest BCUT2D eigenvalue weighted by Crippen LogP contribution is -1.99. The summed E-state index contributed by atoms with van der Waals surface area (Å²) in [6.07, 6.45) is 9.31. The molecule has 1 rings (SSSR count). The predicted octanol–water partition coefficient (Wildman–Crippen LogP) is 6.11. The van der Waals surface area contributed by atoms with E-state index in [4.69, 9.17) is 5.73 Å². The van der Waals surface area contributed by atoms with Crippen molar-refractivity contribution in [2.75, 3.05) is 0 Å². The van der Waals surface area contributed by atoms with E-state index in [1.54, 1.807) is 6.08 Å². The fraction of sp³-hybridized carbons (Fsp3) is 0.238. The Morgan fingerprint density at radius 2 is 1.68 bits per heavy atom. The molecule has 120 valence electrons. The molecule has 0 unspecified atom stereocenters. The molecule has 0 bridgehead atoms. The van der Waals surface area contributed by atoms with Gasteiger partial charge in [-0.3, -0.25) is 0 Å². The normalized spacial score (nSPS) is 11.0. The molecule has 1 aromatic rings. The summed E-state index contributed by atoms with van der Waals surface area (Å²) in [7, 11) is 0. The third kappa shape index (κ3) is 12.7. The standard InChI is InChI=1S/C12H17N.C7H8.C2H6/c1-5-7-11(8-6-2)12(13)9-10(3)4;1-7-5-3-2-4-6-7;1-2/h5-9H,1,3,13H2,2,4H3;2-6H,1H3;1-2H3/b8-6-,11-7+,12-9-;;. The minimum absolute atomic E-state index is 0.713. The number of nitrogens with two attached hydrogens (primary N) is 1. The van der Waals surface area contributed by atoms with Gasteiger partial charge in [-0.15, -0.1) is 0 Å². The van der Waals surface area contributed by atoms with E-state index in [0.717, 1.165) is 11.1 Å². The highest BCUT2D eigenvalue weighted by Crippen LogP contribution is 2.08. The molecule has 0 heterocycles. The Hall–Kier alpha value is -2.28. The predicted molar refractivity (Wildman–Crippen MR) is 103 cm³/mol. The van der Waals surface area contributed by atoms with Gasteiger partial charge in [0.2, 0.25) is 0 Å². The third-order valence-corrected chi connectivity index (χ3v) is 2.32. The number of allylic oxidation sites excluding steroid dienone is 6. The second-order valence-electron chi connectivity index (χ2n) is 4.46. The van der Waals surface area contributed by atoms with Gasteiger partial charge in [-0.2, -0.15) is 0 Å². The molecular formula is C21H31N. The van der Waals surface area contributed by atoms with Crippen molar-refractivity contribution in [2.24, 2.45) is 5.73 Å². The van der Waals surface area contributed by atoms with Crippen LogP contribution >= 0.6 is 0 Å². The van der Waals surface area contributed by atoms with Gasteiger partial charge in [-0.05, 0) is 32.4 Å². The number of hydrogen-bond donors (Lipinski definition) is 1. The van der Waals surface area contributed by atoms with Crippen molar-refractivity contribution < 1.29 is 0 Å². The van der Waals surface area contributed by atoms with Crippen molar-refractivity contribution in [1.29, 1.82) is 0 Å². The lowest BCUT2D eigenvalue weighted by molar-refractivity contribution is 1.32. The van der Waals surface area contributed by atoms with Gasteiger partial charge in [0.25, 0.3) is 0 Å². The number of benzene rings is 1. The van der Waals surface area contributed by atoms with Gasteiger partial charge in [-0.1, -0.05) is 92.8 Å². The monoisotopic (exact) mass is 297 g/mol. The van der Waals surface area contributed by atoms with E-state index in [9.17, 15) is 0 Å². The Morgan fingerprint density at radius 1 is 1.14 bits per heavy atom. The van der Waals surface area contributed by atoms with E-state index in [0.29, 0.717) is 5.70 Å². The van der Waals surface area contributed by atoms with Crippen LogP contribution in [0.3, 0.4) is 0 Å². The van der Waals surface area contributed by atoms with Crippen LogP contribution in [0.1, 0.15) is 33.3 Å². The van der Waals surface area contributed by atoms with Crippen LogP contribution in [0.25, 0.3) is 0 Å². The number of aryl methyl sites for hydroxylation is 1. The number of hydrogen-bond acceptors (Lipinski definition) is 1. The summed E-state index contributed by atoms with van der Waals surface area (Å²) in [6, 6.07) is 10.3. The van der Waals surface area contributed by atoms with Gasteiger partial charge < -0.3 is 5.73 Å². The average Bonchev–Trinajstić information content (AvgIpc) is 2.50. The SMILES string of the molecule is C=C/C=C(\C=C/C)C(/N)=C/C(=C)C.CC.Cc1ccccc1. The van der Waals surface area contributed by atoms with Crippen LogP contribution in [0, 0.1) is 6.92 Å². The van der Waals surface area contributed by atoms with E-state index in [-0.39, 0.29) is 0 Å². The third-order valence-electron chi connectivity index (χ3n) is 2.32. The van der Waals surface area contributed by atoms with Gasteiger partial charge in [-0.25, -0.2) is 0 Å². The molecule has 0 saturated heterocycles. The van der Waals surface area contributed by atoms with E-state index in [1.165, 1.54) is 5.56 Å². The summed E-state index contributed by atoms with van der Waals surface area (Å²) in [6.45, 7) is 17.3. The van der Waals surface area contributed by atoms with Gasteiger partial charge in [0, 0.05) is 5.70 Å². The zero-order valence-electron chi connectivity index (χ0n) is 14.8. The summed E-state index contributed by atoms with van der Waals surface area (Å²) >= 11 is 0. The summed E-state index contributed by atoms with van der Waals surface area (Å²) in [5.41, 5.74) is 9.76. The first-order valence-electron chi connectivity index (χ1n) is 7.61. The molecule has 0 aliphatic heterocycles. The molecule has 1 aromatic carbocycles. The van der Waals surface area contributed by atoms with Crippen LogP contribution in [-0.2, 0) is 0 Å². The minimum Gasteiger partial charge on any atom is -0.398 e. The summed E-state index contributed by atoms with van der Waals surface area (Å²) < 4.78 is 0. The highest BCUT2D eigenvalue weighted by atomic mass is 14.6. The molecule has 2 N–H and O–H groups in total. The summed E-state index contributed by atoms with van der Waals surface area (Å²) in [4.78, 5) is 0. The van der Waals surface area contributed by atoms with Crippen molar-refractivity contribution in [3.8, 4) is 0 Å².